The highest BCUT2D eigenvalue weighted by molar-refractivity contribution is 6.44. The number of carbonyl (C=O) groups is 2. The van der Waals surface area contributed by atoms with Gasteiger partial charge in [-0.3, -0.25) is 4.79 Å². The van der Waals surface area contributed by atoms with Gasteiger partial charge in [-0.2, -0.15) is 5.26 Å². The van der Waals surface area contributed by atoms with E-state index in [4.69, 9.17) is 44.3 Å². The molecule has 172 valence electrons. The number of anilines is 1. The zero-order valence-electron chi connectivity index (χ0n) is 17.8. The predicted octanol–water partition coefficient (Wildman–Crippen LogP) is 6.81. The smallest absolute Gasteiger partial charge is 0.343 e. The van der Waals surface area contributed by atoms with Crippen LogP contribution in [-0.4, -0.2) is 18.5 Å². The topological polar surface area (TPSA) is 88.4 Å². The number of carbonyl (C=O) groups excluding carboxylic acids is 2. The van der Waals surface area contributed by atoms with E-state index in [0.717, 1.165) is 0 Å². The average Bonchev–Trinajstić information content (AvgIpc) is 2.82. The van der Waals surface area contributed by atoms with Crippen LogP contribution >= 0.6 is 34.8 Å². The van der Waals surface area contributed by atoms with E-state index in [1.54, 1.807) is 61.5 Å². The van der Waals surface area contributed by atoms with Crippen molar-refractivity contribution in [3.8, 4) is 17.6 Å². The Morgan fingerprint density at radius 1 is 1.03 bits per heavy atom. The van der Waals surface area contributed by atoms with Crippen molar-refractivity contribution in [3.63, 3.8) is 0 Å². The number of amides is 1. The molecule has 0 atom stereocenters. The van der Waals surface area contributed by atoms with E-state index >= 15 is 0 Å². The predicted molar refractivity (Wildman–Crippen MR) is 133 cm³/mol. The molecule has 0 saturated heterocycles. The lowest BCUT2D eigenvalue weighted by Crippen LogP contribution is -2.13. The van der Waals surface area contributed by atoms with Crippen LogP contribution in [-0.2, 0) is 4.79 Å². The van der Waals surface area contributed by atoms with Gasteiger partial charge in [0.25, 0.3) is 5.91 Å². The third kappa shape index (κ3) is 6.30. The molecular weight excluding hydrogens is 499 g/mol. The Labute approximate surface area is 211 Å². The van der Waals surface area contributed by atoms with Gasteiger partial charge in [-0.1, -0.05) is 46.9 Å². The van der Waals surface area contributed by atoms with E-state index in [2.05, 4.69) is 5.32 Å². The van der Waals surface area contributed by atoms with Crippen molar-refractivity contribution in [1.82, 2.24) is 0 Å². The fraction of sp³-hybridized carbons (Fsp3) is 0.0800. The highest BCUT2D eigenvalue weighted by Gasteiger charge is 2.16. The fourth-order valence-corrected chi connectivity index (χ4v) is 3.29. The summed E-state index contributed by atoms with van der Waals surface area (Å²) >= 11 is 17.9. The molecule has 0 aromatic heterocycles. The number of hydrogen-bond acceptors (Lipinski definition) is 5. The normalized spacial score (nSPS) is 10.9. The molecule has 1 N–H and O–H groups in total. The Kier molecular flexibility index (Phi) is 8.55. The van der Waals surface area contributed by atoms with Gasteiger partial charge in [0.2, 0.25) is 0 Å². The number of esters is 1. The van der Waals surface area contributed by atoms with Gasteiger partial charge in [-0.05, 0) is 67.1 Å². The van der Waals surface area contributed by atoms with Crippen LogP contribution in [0.1, 0.15) is 22.8 Å². The lowest BCUT2D eigenvalue weighted by Gasteiger charge is -2.12. The highest BCUT2D eigenvalue weighted by atomic mass is 35.5. The molecule has 3 aromatic carbocycles. The zero-order valence-corrected chi connectivity index (χ0v) is 20.0. The molecule has 0 radical (unpaired) electrons. The van der Waals surface area contributed by atoms with E-state index in [1.165, 1.54) is 12.1 Å². The minimum absolute atomic E-state index is 0.167. The second-order valence-corrected chi connectivity index (χ2v) is 7.98. The molecule has 3 aromatic rings. The Bertz CT molecular complexity index is 1300. The maximum atomic E-state index is 12.6. The van der Waals surface area contributed by atoms with Gasteiger partial charge in [-0.15, -0.1) is 0 Å². The summed E-state index contributed by atoms with van der Waals surface area (Å²) in [5.41, 5.74) is 0.904. The number of ether oxygens (including phenoxy) is 2. The fourth-order valence-electron chi connectivity index (χ4n) is 2.82. The number of rotatable bonds is 7. The van der Waals surface area contributed by atoms with Crippen LogP contribution in [0.15, 0.2) is 66.2 Å². The third-order valence-corrected chi connectivity index (χ3v) is 5.50. The standard InChI is InChI=1S/C25H17Cl3N2O4/c1-2-33-22-13-15(6-11-21(22)34-25(32)16-7-9-18(26)10-8-16)12-17(14-29)24(31)30-20-5-3-4-19(27)23(20)28/h3-13H,2H2,1H3,(H,30,31)/b17-12+. The second-order valence-electron chi connectivity index (χ2n) is 6.76. The molecule has 9 heteroatoms. The van der Waals surface area contributed by atoms with Crippen molar-refractivity contribution < 1.29 is 19.1 Å². The van der Waals surface area contributed by atoms with Crippen LogP contribution in [0, 0.1) is 11.3 Å². The SMILES string of the molecule is CCOc1cc(/C=C(\C#N)C(=O)Nc2cccc(Cl)c2Cl)ccc1OC(=O)c1ccc(Cl)cc1. The van der Waals surface area contributed by atoms with Crippen LogP contribution in [0.2, 0.25) is 15.1 Å². The number of nitrogens with zero attached hydrogens (tertiary/aromatic N) is 1. The Hall–Kier alpha value is -3.50. The highest BCUT2D eigenvalue weighted by Crippen LogP contribution is 2.31. The van der Waals surface area contributed by atoms with Crippen LogP contribution < -0.4 is 14.8 Å². The van der Waals surface area contributed by atoms with Crippen molar-refractivity contribution in [2.45, 2.75) is 6.92 Å². The largest absolute Gasteiger partial charge is 0.490 e. The number of benzene rings is 3. The van der Waals surface area contributed by atoms with E-state index in [9.17, 15) is 14.9 Å². The van der Waals surface area contributed by atoms with Crippen LogP contribution in [0.25, 0.3) is 6.08 Å². The lowest BCUT2D eigenvalue weighted by atomic mass is 10.1. The van der Waals surface area contributed by atoms with Crippen molar-refractivity contribution in [3.05, 3.63) is 92.4 Å². The molecule has 1 amide bonds. The molecule has 0 fully saturated rings. The summed E-state index contributed by atoms with van der Waals surface area (Å²) < 4.78 is 11.1. The van der Waals surface area contributed by atoms with Gasteiger partial charge >= 0.3 is 5.97 Å². The average molecular weight is 516 g/mol. The number of nitriles is 1. The van der Waals surface area contributed by atoms with E-state index in [0.29, 0.717) is 22.8 Å². The van der Waals surface area contributed by atoms with E-state index < -0.39 is 11.9 Å². The first-order valence-corrected chi connectivity index (χ1v) is 11.1. The van der Waals surface area contributed by atoms with Crippen LogP contribution in [0.5, 0.6) is 11.5 Å². The quantitative estimate of drug-likeness (QED) is 0.162. The minimum Gasteiger partial charge on any atom is -0.490 e. The number of nitrogens with one attached hydrogen (secondary N) is 1. The van der Waals surface area contributed by atoms with E-state index in [-0.39, 0.29) is 32.8 Å². The Morgan fingerprint density at radius 2 is 1.76 bits per heavy atom. The first-order valence-electron chi connectivity index (χ1n) is 9.94. The summed E-state index contributed by atoms with van der Waals surface area (Å²) in [4.78, 5) is 25.1. The minimum atomic E-state index is -0.664. The summed E-state index contributed by atoms with van der Waals surface area (Å²) in [6, 6.07) is 17.6. The van der Waals surface area contributed by atoms with Crippen molar-refractivity contribution in [2.24, 2.45) is 0 Å². The van der Waals surface area contributed by atoms with Gasteiger partial charge in [0.15, 0.2) is 11.5 Å². The summed E-state index contributed by atoms with van der Waals surface area (Å²) in [6.45, 7) is 2.08. The molecule has 0 heterocycles. The lowest BCUT2D eigenvalue weighted by molar-refractivity contribution is -0.112. The molecule has 34 heavy (non-hydrogen) atoms. The summed E-state index contributed by atoms with van der Waals surface area (Å²) in [5, 5.41) is 13.0. The molecule has 0 bridgehead atoms. The summed E-state index contributed by atoms with van der Waals surface area (Å²) in [5.74, 6) is -0.791. The van der Waals surface area contributed by atoms with E-state index in [1.807, 2.05) is 6.07 Å². The first kappa shape index (κ1) is 25.1. The summed E-state index contributed by atoms with van der Waals surface area (Å²) in [7, 11) is 0. The zero-order chi connectivity index (χ0) is 24.7. The van der Waals surface area contributed by atoms with Gasteiger partial charge in [0.05, 0.1) is 27.9 Å². The van der Waals surface area contributed by atoms with Crippen LogP contribution in [0.3, 0.4) is 0 Å². The van der Waals surface area contributed by atoms with Gasteiger partial charge in [-0.25, -0.2) is 4.79 Å². The molecule has 0 unspecified atom stereocenters. The molecule has 0 aliphatic heterocycles. The number of halogens is 3. The van der Waals surface area contributed by atoms with Gasteiger partial charge in [0, 0.05) is 5.02 Å². The molecule has 3 rings (SSSR count). The van der Waals surface area contributed by atoms with Crippen molar-refractivity contribution in [1.29, 1.82) is 5.26 Å². The molecule has 0 aliphatic rings. The number of hydrogen-bond donors (Lipinski definition) is 1. The van der Waals surface area contributed by atoms with Crippen molar-refractivity contribution >= 4 is 58.4 Å². The molecule has 6 nitrogen and oxygen atoms in total. The molecule has 0 aliphatic carbocycles. The Morgan fingerprint density at radius 3 is 2.44 bits per heavy atom. The molecule has 0 saturated carbocycles. The first-order chi connectivity index (χ1) is 16.3. The van der Waals surface area contributed by atoms with Crippen LogP contribution in [0.4, 0.5) is 5.69 Å². The monoisotopic (exact) mass is 514 g/mol. The second kappa shape index (κ2) is 11.6. The van der Waals surface area contributed by atoms with Gasteiger partial charge in [0.1, 0.15) is 11.6 Å². The van der Waals surface area contributed by atoms with Crippen molar-refractivity contribution in [2.75, 3.05) is 11.9 Å². The third-order valence-electron chi connectivity index (χ3n) is 4.43. The molecule has 0 spiro atoms. The Balaban J connectivity index is 1.84. The summed E-state index contributed by atoms with van der Waals surface area (Å²) in [6.07, 6.45) is 1.38. The maximum Gasteiger partial charge on any atom is 0.343 e. The van der Waals surface area contributed by atoms with Gasteiger partial charge < -0.3 is 14.8 Å². The molecular formula is C25H17Cl3N2O4. The maximum absolute atomic E-state index is 12.6.